The van der Waals surface area contributed by atoms with Crippen LogP contribution in [0.2, 0.25) is 0 Å². The molecule has 66 valence electrons. The van der Waals surface area contributed by atoms with Gasteiger partial charge < -0.3 is 4.42 Å². The molecule has 2 heterocycles. The predicted molar refractivity (Wildman–Crippen MR) is 55.1 cm³/mol. The molecule has 0 atom stereocenters. The summed E-state index contributed by atoms with van der Waals surface area (Å²) in [5, 5.41) is 7.73. The fourth-order valence-electron chi connectivity index (χ4n) is 0.915. The van der Waals surface area contributed by atoms with E-state index in [9.17, 15) is 0 Å². The third kappa shape index (κ3) is 1.97. The molecule has 0 aliphatic rings. The molecule has 0 aromatic carbocycles. The van der Waals surface area contributed by atoms with Gasteiger partial charge in [0.2, 0.25) is 0 Å². The van der Waals surface area contributed by atoms with Crippen molar-refractivity contribution in [3.05, 3.63) is 33.5 Å². The molecule has 2 aromatic rings. The van der Waals surface area contributed by atoms with Gasteiger partial charge in [0.05, 0.1) is 6.20 Å². The van der Waals surface area contributed by atoms with Gasteiger partial charge in [0, 0.05) is 4.47 Å². The molecular weight excluding hydrogens is 300 g/mol. The molecule has 0 aliphatic heterocycles. The van der Waals surface area contributed by atoms with E-state index in [1.165, 1.54) is 0 Å². The van der Waals surface area contributed by atoms with Gasteiger partial charge in [0.25, 0.3) is 0 Å². The van der Waals surface area contributed by atoms with Gasteiger partial charge in [-0.05, 0) is 50.1 Å². The molecule has 0 aliphatic carbocycles. The Kier molecular flexibility index (Phi) is 2.46. The van der Waals surface area contributed by atoms with Gasteiger partial charge in [-0.25, -0.2) is 0 Å². The quantitative estimate of drug-likeness (QED) is 0.811. The van der Waals surface area contributed by atoms with Crippen molar-refractivity contribution >= 4 is 31.9 Å². The maximum Gasteiger partial charge on any atom is 0.169 e. The van der Waals surface area contributed by atoms with Crippen molar-refractivity contribution in [2.24, 2.45) is 0 Å². The summed E-state index contributed by atoms with van der Waals surface area (Å²) in [4.78, 5) is 0. The first kappa shape index (κ1) is 8.90. The highest BCUT2D eigenvalue weighted by Crippen LogP contribution is 2.24. The minimum Gasteiger partial charge on any atom is -0.448 e. The number of nitrogens with zero attached hydrogens (tertiary/aromatic N) is 2. The summed E-state index contributed by atoms with van der Waals surface area (Å²) in [6.07, 6.45) is 1.63. The molecule has 5 heteroatoms. The van der Waals surface area contributed by atoms with Crippen LogP contribution in [0.25, 0.3) is 11.5 Å². The summed E-state index contributed by atoms with van der Waals surface area (Å²) in [6, 6.07) is 5.50. The van der Waals surface area contributed by atoms with E-state index in [2.05, 4.69) is 42.1 Å². The van der Waals surface area contributed by atoms with Crippen LogP contribution in [0.5, 0.6) is 0 Å². The van der Waals surface area contributed by atoms with Gasteiger partial charge in [-0.2, -0.15) is 5.10 Å². The third-order valence-electron chi connectivity index (χ3n) is 1.45. The Balaban J connectivity index is 2.46. The van der Waals surface area contributed by atoms with Crippen LogP contribution in [-0.4, -0.2) is 10.2 Å². The molecular formula is C8H4Br2N2O. The van der Waals surface area contributed by atoms with Gasteiger partial charge in [0.1, 0.15) is 5.69 Å². The van der Waals surface area contributed by atoms with Crippen LogP contribution in [0.15, 0.2) is 38.0 Å². The van der Waals surface area contributed by atoms with E-state index in [1.54, 1.807) is 6.20 Å². The smallest absolute Gasteiger partial charge is 0.169 e. The minimum absolute atomic E-state index is 0.685. The monoisotopic (exact) mass is 302 g/mol. The SMILES string of the molecule is Brc1cnnc(-c2ccc(Br)o2)c1. The van der Waals surface area contributed by atoms with Gasteiger partial charge in [-0.15, -0.1) is 5.10 Å². The Bertz CT molecular complexity index is 428. The first-order valence-corrected chi connectivity index (χ1v) is 5.08. The molecule has 0 fully saturated rings. The second kappa shape index (κ2) is 3.59. The van der Waals surface area contributed by atoms with Crippen LogP contribution in [0.4, 0.5) is 0 Å². The molecule has 0 unspecified atom stereocenters. The van der Waals surface area contributed by atoms with Gasteiger partial charge >= 0.3 is 0 Å². The zero-order chi connectivity index (χ0) is 9.26. The number of hydrogen-bond acceptors (Lipinski definition) is 3. The molecule has 0 bridgehead atoms. The highest BCUT2D eigenvalue weighted by Gasteiger charge is 2.04. The summed E-state index contributed by atoms with van der Waals surface area (Å²) < 4.78 is 6.88. The molecule has 2 rings (SSSR count). The molecule has 0 spiro atoms. The maximum absolute atomic E-state index is 5.32. The zero-order valence-corrected chi connectivity index (χ0v) is 9.54. The molecule has 3 nitrogen and oxygen atoms in total. The number of hydrogen-bond donors (Lipinski definition) is 0. The van der Waals surface area contributed by atoms with Crippen molar-refractivity contribution in [2.75, 3.05) is 0 Å². The first-order valence-electron chi connectivity index (χ1n) is 3.49. The van der Waals surface area contributed by atoms with Crippen LogP contribution in [0.3, 0.4) is 0 Å². The number of aromatic nitrogens is 2. The highest BCUT2D eigenvalue weighted by molar-refractivity contribution is 9.10. The second-order valence-electron chi connectivity index (χ2n) is 2.36. The Morgan fingerprint density at radius 3 is 2.69 bits per heavy atom. The van der Waals surface area contributed by atoms with Crippen LogP contribution in [-0.2, 0) is 0 Å². The fraction of sp³-hybridized carbons (Fsp3) is 0. The largest absolute Gasteiger partial charge is 0.448 e. The van der Waals surface area contributed by atoms with Crippen molar-refractivity contribution in [1.29, 1.82) is 0 Å². The van der Waals surface area contributed by atoms with Crippen molar-refractivity contribution < 1.29 is 4.42 Å². The first-order chi connectivity index (χ1) is 6.25. The molecule has 0 amide bonds. The zero-order valence-electron chi connectivity index (χ0n) is 6.37. The van der Waals surface area contributed by atoms with Crippen LogP contribution >= 0.6 is 31.9 Å². The van der Waals surface area contributed by atoms with E-state index in [0.717, 1.165) is 4.47 Å². The van der Waals surface area contributed by atoms with Gasteiger partial charge in [-0.3, -0.25) is 0 Å². The number of halogens is 2. The lowest BCUT2D eigenvalue weighted by atomic mass is 10.3. The number of furan rings is 1. The van der Waals surface area contributed by atoms with E-state index in [-0.39, 0.29) is 0 Å². The normalized spacial score (nSPS) is 10.3. The molecule has 0 saturated carbocycles. The Morgan fingerprint density at radius 2 is 2.08 bits per heavy atom. The van der Waals surface area contributed by atoms with Crippen LogP contribution < -0.4 is 0 Å². The van der Waals surface area contributed by atoms with E-state index >= 15 is 0 Å². The summed E-state index contributed by atoms with van der Waals surface area (Å²) in [7, 11) is 0. The van der Waals surface area contributed by atoms with E-state index < -0.39 is 0 Å². The highest BCUT2D eigenvalue weighted by atomic mass is 79.9. The van der Waals surface area contributed by atoms with Gasteiger partial charge in [0.15, 0.2) is 10.4 Å². The lowest BCUT2D eigenvalue weighted by Gasteiger charge is -1.93. The maximum atomic E-state index is 5.32. The molecule has 0 radical (unpaired) electrons. The Labute approximate surface area is 91.4 Å². The van der Waals surface area contributed by atoms with Crippen LogP contribution in [0.1, 0.15) is 0 Å². The van der Waals surface area contributed by atoms with Crippen LogP contribution in [0, 0.1) is 0 Å². The standard InChI is InChI=1S/C8H4Br2N2O/c9-5-3-6(12-11-4-5)7-1-2-8(10)13-7/h1-4H. The van der Waals surface area contributed by atoms with E-state index in [4.69, 9.17) is 4.42 Å². The summed E-state index contributed by atoms with van der Waals surface area (Å²) in [6.45, 7) is 0. The molecule has 2 aromatic heterocycles. The van der Waals surface area contributed by atoms with E-state index in [0.29, 0.717) is 16.1 Å². The lowest BCUT2D eigenvalue weighted by molar-refractivity contribution is 0.552. The average molecular weight is 304 g/mol. The fourth-order valence-corrected chi connectivity index (χ4v) is 1.53. The van der Waals surface area contributed by atoms with Crippen molar-refractivity contribution in [3.63, 3.8) is 0 Å². The van der Waals surface area contributed by atoms with Gasteiger partial charge in [-0.1, -0.05) is 0 Å². The summed E-state index contributed by atoms with van der Waals surface area (Å²) >= 11 is 6.53. The lowest BCUT2D eigenvalue weighted by Crippen LogP contribution is -1.84. The number of rotatable bonds is 1. The topological polar surface area (TPSA) is 38.9 Å². The van der Waals surface area contributed by atoms with E-state index in [1.807, 2.05) is 18.2 Å². The van der Waals surface area contributed by atoms with Crippen molar-refractivity contribution in [3.8, 4) is 11.5 Å². The van der Waals surface area contributed by atoms with Crippen molar-refractivity contribution in [2.45, 2.75) is 0 Å². The molecule has 13 heavy (non-hydrogen) atoms. The summed E-state index contributed by atoms with van der Waals surface area (Å²) in [5.41, 5.74) is 0.708. The Hall–Kier alpha value is -0.680. The predicted octanol–water partition coefficient (Wildman–Crippen LogP) is 3.26. The summed E-state index contributed by atoms with van der Waals surface area (Å²) in [5.74, 6) is 0.695. The second-order valence-corrected chi connectivity index (χ2v) is 4.06. The van der Waals surface area contributed by atoms with Crippen molar-refractivity contribution in [1.82, 2.24) is 10.2 Å². The minimum atomic E-state index is 0.685. The molecule has 0 N–H and O–H groups in total. The Morgan fingerprint density at radius 1 is 1.23 bits per heavy atom. The molecule has 0 saturated heterocycles. The average Bonchev–Trinajstić information content (AvgIpc) is 2.52. The third-order valence-corrected chi connectivity index (χ3v) is 2.31.